The van der Waals surface area contributed by atoms with Gasteiger partial charge in [0.25, 0.3) is 0 Å². The number of hydrogen-bond acceptors (Lipinski definition) is 5. The van der Waals surface area contributed by atoms with Crippen molar-refractivity contribution in [3.8, 4) is 17.2 Å². The summed E-state index contributed by atoms with van der Waals surface area (Å²) in [7, 11) is 4.97. The average Bonchev–Trinajstić information content (AvgIpc) is 3.21. The molecule has 31 heavy (non-hydrogen) atoms. The molecule has 0 aromatic heterocycles. The first-order valence-electron chi connectivity index (χ1n) is 10.6. The Morgan fingerprint density at radius 2 is 1.13 bits per heavy atom. The molecule has 3 aromatic carbocycles. The molecule has 1 saturated heterocycles. The second kappa shape index (κ2) is 9.86. The molecule has 1 aliphatic rings. The van der Waals surface area contributed by atoms with Crippen LogP contribution in [-0.4, -0.2) is 44.2 Å². The Morgan fingerprint density at radius 3 is 1.52 bits per heavy atom. The van der Waals surface area contributed by atoms with Gasteiger partial charge < -0.3 is 14.2 Å². The van der Waals surface area contributed by atoms with Gasteiger partial charge in [0, 0.05) is 26.2 Å². The molecule has 0 saturated carbocycles. The van der Waals surface area contributed by atoms with E-state index in [9.17, 15) is 0 Å². The van der Waals surface area contributed by atoms with E-state index in [0.717, 1.165) is 31.7 Å². The maximum absolute atomic E-state index is 5.64. The van der Waals surface area contributed by atoms with E-state index < -0.39 is 0 Å². The maximum Gasteiger partial charge on any atom is 0.203 e. The molecule has 4 rings (SSSR count). The molecule has 162 valence electrons. The minimum atomic E-state index is 0.106. The molecule has 0 atom stereocenters. The van der Waals surface area contributed by atoms with Crippen molar-refractivity contribution in [2.45, 2.75) is 19.3 Å². The zero-order valence-electron chi connectivity index (χ0n) is 18.5. The molecule has 1 aliphatic heterocycles. The van der Waals surface area contributed by atoms with Gasteiger partial charge >= 0.3 is 0 Å². The minimum absolute atomic E-state index is 0.106. The molecule has 1 fully saturated rings. The van der Waals surface area contributed by atoms with Gasteiger partial charge in [-0.25, -0.2) is 0 Å². The molecule has 5 nitrogen and oxygen atoms in total. The molecule has 0 N–H and O–H groups in total. The number of benzene rings is 3. The smallest absolute Gasteiger partial charge is 0.203 e. The Labute approximate surface area is 184 Å². The first-order chi connectivity index (χ1) is 15.2. The number of methoxy groups -OCH3 is 3. The highest BCUT2D eigenvalue weighted by Crippen LogP contribution is 2.43. The first kappa shape index (κ1) is 21.2. The average molecular weight is 419 g/mol. The van der Waals surface area contributed by atoms with Crippen LogP contribution in [0.15, 0.2) is 72.8 Å². The molecule has 0 unspecified atom stereocenters. The van der Waals surface area contributed by atoms with Crippen molar-refractivity contribution in [2.75, 3.05) is 34.4 Å². The molecule has 3 aromatic rings. The lowest BCUT2D eigenvalue weighted by atomic mass is 10.1. The van der Waals surface area contributed by atoms with E-state index in [1.165, 1.54) is 11.1 Å². The van der Waals surface area contributed by atoms with Crippen LogP contribution in [-0.2, 0) is 13.1 Å². The predicted molar refractivity (Wildman–Crippen MR) is 123 cm³/mol. The topological polar surface area (TPSA) is 34.2 Å². The van der Waals surface area contributed by atoms with Gasteiger partial charge in [0.2, 0.25) is 5.75 Å². The second-order valence-corrected chi connectivity index (χ2v) is 7.74. The number of nitrogens with zero attached hydrogens (tertiary/aromatic N) is 2. The van der Waals surface area contributed by atoms with Crippen molar-refractivity contribution in [3.63, 3.8) is 0 Å². The van der Waals surface area contributed by atoms with E-state index in [-0.39, 0.29) is 6.17 Å². The zero-order chi connectivity index (χ0) is 21.6. The van der Waals surface area contributed by atoms with Crippen molar-refractivity contribution < 1.29 is 14.2 Å². The van der Waals surface area contributed by atoms with Crippen LogP contribution in [0.25, 0.3) is 0 Å². The predicted octanol–water partition coefficient (Wildman–Crippen LogP) is 4.73. The fourth-order valence-corrected chi connectivity index (χ4v) is 4.37. The largest absolute Gasteiger partial charge is 0.493 e. The highest BCUT2D eigenvalue weighted by Gasteiger charge is 2.34. The summed E-state index contributed by atoms with van der Waals surface area (Å²) < 4.78 is 16.8. The third-order valence-electron chi connectivity index (χ3n) is 5.81. The van der Waals surface area contributed by atoms with Crippen molar-refractivity contribution in [3.05, 3.63) is 89.5 Å². The van der Waals surface area contributed by atoms with Crippen LogP contribution in [0.3, 0.4) is 0 Å². The Hall–Kier alpha value is -3.02. The summed E-state index contributed by atoms with van der Waals surface area (Å²) in [4.78, 5) is 5.03. The summed E-state index contributed by atoms with van der Waals surface area (Å²) >= 11 is 0. The third kappa shape index (κ3) is 4.68. The van der Waals surface area contributed by atoms with Crippen molar-refractivity contribution in [2.24, 2.45) is 0 Å². The zero-order valence-corrected chi connectivity index (χ0v) is 18.5. The number of hydrogen-bond donors (Lipinski definition) is 0. The third-order valence-corrected chi connectivity index (χ3v) is 5.81. The standard InChI is InChI=1S/C26H30N2O3/c1-29-23-16-22(17-24(30-2)25(23)31-3)26-27(18-20-10-6-4-7-11-20)14-15-28(26)19-21-12-8-5-9-13-21/h4-13,16-17,26H,14-15,18-19H2,1-3H3. The van der Waals surface area contributed by atoms with Crippen LogP contribution < -0.4 is 14.2 Å². The summed E-state index contributed by atoms with van der Waals surface area (Å²) in [6, 6.07) is 25.4. The molecule has 0 bridgehead atoms. The maximum atomic E-state index is 5.64. The molecule has 0 spiro atoms. The van der Waals surface area contributed by atoms with Crippen LogP contribution in [0.1, 0.15) is 22.9 Å². The van der Waals surface area contributed by atoms with E-state index >= 15 is 0 Å². The Balaban J connectivity index is 1.71. The summed E-state index contributed by atoms with van der Waals surface area (Å²) in [5, 5.41) is 0. The molecule has 5 heteroatoms. The van der Waals surface area contributed by atoms with E-state index in [1.807, 2.05) is 0 Å². The molecule has 0 aliphatic carbocycles. The molecule has 1 heterocycles. The second-order valence-electron chi connectivity index (χ2n) is 7.74. The lowest BCUT2D eigenvalue weighted by molar-refractivity contribution is 0.125. The summed E-state index contributed by atoms with van der Waals surface area (Å²) in [6.45, 7) is 3.74. The van der Waals surface area contributed by atoms with Crippen LogP contribution in [0.2, 0.25) is 0 Å². The van der Waals surface area contributed by atoms with Gasteiger partial charge in [-0.2, -0.15) is 0 Å². The number of rotatable bonds is 8. The van der Waals surface area contributed by atoms with Crippen molar-refractivity contribution in [1.82, 2.24) is 9.80 Å². The highest BCUT2D eigenvalue weighted by molar-refractivity contribution is 5.54. The SMILES string of the molecule is COc1cc(C2N(Cc3ccccc3)CCN2Cc2ccccc2)cc(OC)c1OC. The Kier molecular flexibility index (Phi) is 6.75. The van der Waals surface area contributed by atoms with Gasteiger partial charge in [-0.3, -0.25) is 9.80 Å². The Bertz CT molecular complexity index is 904. The molecular weight excluding hydrogens is 388 g/mol. The van der Waals surface area contributed by atoms with Crippen molar-refractivity contribution >= 4 is 0 Å². The van der Waals surface area contributed by atoms with Crippen LogP contribution in [0, 0.1) is 0 Å². The van der Waals surface area contributed by atoms with Gasteiger partial charge in [-0.05, 0) is 28.8 Å². The molecule has 0 radical (unpaired) electrons. The van der Waals surface area contributed by atoms with E-state index in [2.05, 4.69) is 82.6 Å². The fraction of sp³-hybridized carbons (Fsp3) is 0.308. The van der Waals surface area contributed by atoms with Gasteiger partial charge in [0.05, 0.1) is 27.5 Å². The van der Waals surface area contributed by atoms with E-state index in [0.29, 0.717) is 17.2 Å². The van der Waals surface area contributed by atoms with Gasteiger partial charge in [0.15, 0.2) is 11.5 Å². The normalized spacial score (nSPS) is 15.2. The summed E-state index contributed by atoms with van der Waals surface area (Å²) in [5.74, 6) is 1.99. The highest BCUT2D eigenvalue weighted by atomic mass is 16.5. The first-order valence-corrected chi connectivity index (χ1v) is 10.6. The van der Waals surface area contributed by atoms with Crippen LogP contribution in [0.5, 0.6) is 17.2 Å². The molecule has 0 amide bonds. The van der Waals surface area contributed by atoms with E-state index in [4.69, 9.17) is 14.2 Å². The summed E-state index contributed by atoms with van der Waals surface area (Å²) in [6.07, 6.45) is 0.106. The lowest BCUT2D eigenvalue weighted by Crippen LogP contribution is -2.30. The van der Waals surface area contributed by atoms with Gasteiger partial charge in [0.1, 0.15) is 0 Å². The van der Waals surface area contributed by atoms with Crippen LogP contribution in [0.4, 0.5) is 0 Å². The van der Waals surface area contributed by atoms with Gasteiger partial charge in [-0.1, -0.05) is 60.7 Å². The quantitative estimate of drug-likeness (QED) is 0.528. The van der Waals surface area contributed by atoms with Crippen LogP contribution >= 0.6 is 0 Å². The lowest BCUT2D eigenvalue weighted by Gasteiger charge is -2.31. The van der Waals surface area contributed by atoms with Gasteiger partial charge in [-0.15, -0.1) is 0 Å². The van der Waals surface area contributed by atoms with E-state index in [1.54, 1.807) is 21.3 Å². The monoisotopic (exact) mass is 418 g/mol. The Morgan fingerprint density at radius 1 is 0.677 bits per heavy atom. The van der Waals surface area contributed by atoms with Crippen molar-refractivity contribution in [1.29, 1.82) is 0 Å². The summed E-state index contributed by atoms with van der Waals surface area (Å²) in [5.41, 5.74) is 3.75. The number of ether oxygens (including phenoxy) is 3. The fourth-order valence-electron chi connectivity index (χ4n) is 4.37. The molecular formula is C26H30N2O3. The minimum Gasteiger partial charge on any atom is -0.493 e.